The van der Waals surface area contributed by atoms with Crippen LogP contribution in [0.4, 0.5) is 19.0 Å². The molecule has 0 unspecified atom stereocenters. The van der Waals surface area contributed by atoms with Crippen molar-refractivity contribution in [3.8, 4) is 11.4 Å². The molecule has 0 aromatic carbocycles. The van der Waals surface area contributed by atoms with E-state index in [2.05, 4.69) is 20.1 Å². The maximum Gasteiger partial charge on any atom is 0.433 e. The highest BCUT2D eigenvalue weighted by Gasteiger charge is 2.34. The number of anilines is 1. The van der Waals surface area contributed by atoms with Crippen LogP contribution in [0.25, 0.3) is 28.1 Å². The summed E-state index contributed by atoms with van der Waals surface area (Å²) in [6.45, 7) is 6.72. The van der Waals surface area contributed by atoms with Gasteiger partial charge in [0.1, 0.15) is 22.9 Å². The molecule has 4 rings (SSSR count). The summed E-state index contributed by atoms with van der Waals surface area (Å²) in [6, 6.07) is 2.57. The van der Waals surface area contributed by atoms with Crippen molar-refractivity contribution in [1.82, 2.24) is 29.1 Å². The molecule has 4 heterocycles. The summed E-state index contributed by atoms with van der Waals surface area (Å²) >= 11 is 0. The van der Waals surface area contributed by atoms with Gasteiger partial charge in [0.15, 0.2) is 20.5 Å². The molecule has 0 amide bonds. The average Bonchev–Trinajstić information content (AvgIpc) is 3.32. The lowest BCUT2D eigenvalue weighted by atomic mass is 10.3. The molecule has 0 aliphatic rings. The molecule has 0 spiro atoms. The number of aryl methyl sites for hydroxylation is 1. The van der Waals surface area contributed by atoms with E-state index in [1.807, 2.05) is 18.7 Å². The number of hydrogen-bond acceptors (Lipinski definition) is 7. The van der Waals surface area contributed by atoms with Gasteiger partial charge in [-0.05, 0) is 26.0 Å². The van der Waals surface area contributed by atoms with Gasteiger partial charge in [0.2, 0.25) is 0 Å². The van der Waals surface area contributed by atoms with Gasteiger partial charge in [-0.15, -0.1) is 0 Å². The lowest BCUT2D eigenvalue weighted by molar-refractivity contribution is -0.141. The van der Waals surface area contributed by atoms with E-state index in [9.17, 15) is 21.6 Å². The van der Waals surface area contributed by atoms with E-state index in [1.165, 1.54) is 16.0 Å². The average molecular weight is 482 g/mol. The van der Waals surface area contributed by atoms with Crippen LogP contribution < -0.4 is 4.90 Å². The molecule has 9 nitrogen and oxygen atoms in total. The largest absolute Gasteiger partial charge is 0.433 e. The van der Waals surface area contributed by atoms with Crippen molar-refractivity contribution in [2.75, 3.05) is 23.7 Å². The third-order valence-electron chi connectivity index (χ3n) is 5.51. The van der Waals surface area contributed by atoms with Crippen molar-refractivity contribution < 1.29 is 21.6 Å². The van der Waals surface area contributed by atoms with Crippen molar-refractivity contribution in [3.05, 3.63) is 30.2 Å². The van der Waals surface area contributed by atoms with Crippen molar-refractivity contribution >= 4 is 32.3 Å². The minimum atomic E-state index is -4.63. The molecule has 0 atom stereocenters. The van der Waals surface area contributed by atoms with E-state index in [0.717, 1.165) is 12.3 Å². The van der Waals surface area contributed by atoms with Crippen LogP contribution in [0.15, 0.2) is 29.6 Å². The van der Waals surface area contributed by atoms with Crippen molar-refractivity contribution in [2.45, 2.75) is 32.0 Å². The van der Waals surface area contributed by atoms with Crippen LogP contribution >= 0.6 is 0 Å². The topological polar surface area (TPSA) is 98.3 Å². The molecule has 0 aliphatic heterocycles. The summed E-state index contributed by atoms with van der Waals surface area (Å²) in [5.74, 6) is 0.565. The van der Waals surface area contributed by atoms with Gasteiger partial charge in [0, 0.05) is 26.3 Å². The lowest BCUT2D eigenvalue weighted by Crippen LogP contribution is -2.24. The number of alkyl halides is 3. The number of halogens is 3. The number of pyridine rings is 1. The van der Waals surface area contributed by atoms with Crippen molar-refractivity contribution in [2.24, 2.45) is 7.05 Å². The highest BCUT2D eigenvalue weighted by Crippen LogP contribution is 2.35. The fraction of sp³-hybridized carbons (Fsp3) is 0.400. The Morgan fingerprint density at radius 1 is 1.12 bits per heavy atom. The van der Waals surface area contributed by atoms with Gasteiger partial charge in [-0.25, -0.2) is 23.4 Å². The standard InChI is InChI=1S/C20H22F3N7O2S/c1-5-29(6-2)15-8-9-24-17-16(19(27-30(15)17)33(31,32)7-3)18-26-12-10-14(20(21,22)23)25-11-13(12)28(18)4/h8-11H,5-7H2,1-4H3. The fourth-order valence-electron chi connectivity index (χ4n) is 3.72. The van der Waals surface area contributed by atoms with E-state index >= 15 is 0 Å². The van der Waals surface area contributed by atoms with Gasteiger partial charge in [-0.3, -0.25) is 0 Å². The second-order valence-corrected chi connectivity index (χ2v) is 9.54. The van der Waals surface area contributed by atoms with Gasteiger partial charge in [-0.1, -0.05) is 6.92 Å². The van der Waals surface area contributed by atoms with Gasteiger partial charge in [-0.2, -0.15) is 22.8 Å². The van der Waals surface area contributed by atoms with Crippen LogP contribution in [-0.4, -0.2) is 56.4 Å². The Kier molecular flexibility index (Phi) is 5.55. The highest BCUT2D eigenvalue weighted by molar-refractivity contribution is 7.91. The summed E-state index contributed by atoms with van der Waals surface area (Å²) in [4.78, 5) is 14.2. The van der Waals surface area contributed by atoms with Crippen LogP contribution in [0.1, 0.15) is 26.5 Å². The predicted octanol–water partition coefficient (Wildman–Crippen LogP) is 3.34. The highest BCUT2D eigenvalue weighted by atomic mass is 32.2. The minimum absolute atomic E-state index is 0.0360. The SMILES string of the molecule is CCN(CC)c1ccnc2c(-c3nc4cc(C(F)(F)F)ncc4n3C)c(S(=O)(=O)CC)nn12. The zero-order valence-corrected chi connectivity index (χ0v) is 19.2. The number of fused-ring (bicyclic) bond motifs is 2. The first-order valence-electron chi connectivity index (χ1n) is 10.3. The molecule has 0 fully saturated rings. The number of sulfone groups is 1. The Morgan fingerprint density at radius 3 is 2.42 bits per heavy atom. The molecule has 0 saturated carbocycles. The van der Waals surface area contributed by atoms with Gasteiger partial charge in [0.05, 0.1) is 23.0 Å². The molecule has 0 bridgehead atoms. The first-order chi connectivity index (χ1) is 15.5. The predicted molar refractivity (Wildman–Crippen MR) is 117 cm³/mol. The van der Waals surface area contributed by atoms with Crippen LogP contribution in [0, 0.1) is 0 Å². The molecular weight excluding hydrogens is 459 g/mol. The molecule has 4 aromatic rings. The van der Waals surface area contributed by atoms with E-state index in [4.69, 9.17) is 0 Å². The Hall–Kier alpha value is -3.22. The van der Waals surface area contributed by atoms with Crippen LogP contribution in [-0.2, 0) is 23.1 Å². The summed E-state index contributed by atoms with van der Waals surface area (Å²) in [5.41, 5.74) is -0.346. The third kappa shape index (κ3) is 3.69. The number of rotatable bonds is 6. The molecule has 0 radical (unpaired) electrons. The quantitative estimate of drug-likeness (QED) is 0.417. The smallest absolute Gasteiger partial charge is 0.357 e. The zero-order valence-electron chi connectivity index (χ0n) is 18.4. The maximum atomic E-state index is 13.2. The number of aromatic nitrogens is 6. The molecule has 176 valence electrons. The molecule has 13 heteroatoms. The normalized spacial score (nSPS) is 12.7. The van der Waals surface area contributed by atoms with Crippen LogP contribution in [0.3, 0.4) is 0 Å². The Labute approximate surface area is 187 Å². The van der Waals surface area contributed by atoms with Crippen molar-refractivity contribution in [3.63, 3.8) is 0 Å². The van der Waals surface area contributed by atoms with E-state index < -0.39 is 21.7 Å². The Balaban J connectivity index is 2.08. The van der Waals surface area contributed by atoms with Gasteiger partial charge < -0.3 is 9.47 Å². The van der Waals surface area contributed by atoms with E-state index in [1.54, 1.807) is 19.3 Å². The first kappa shape index (κ1) is 23.0. The second-order valence-electron chi connectivity index (χ2n) is 7.34. The monoisotopic (exact) mass is 481 g/mol. The Morgan fingerprint density at radius 2 is 1.82 bits per heavy atom. The van der Waals surface area contributed by atoms with E-state index in [0.29, 0.717) is 24.4 Å². The van der Waals surface area contributed by atoms with Crippen LogP contribution in [0.2, 0.25) is 0 Å². The molecule has 33 heavy (non-hydrogen) atoms. The van der Waals surface area contributed by atoms with Crippen LogP contribution in [0.5, 0.6) is 0 Å². The molecular formula is C20H22F3N7O2S. The van der Waals surface area contributed by atoms with Gasteiger partial charge in [0.25, 0.3) is 0 Å². The summed E-state index contributed by atoms with van der Waals surface area (Å²) in [5, 5.41) is 4.17. The van der Waals surface area contributed by atoms with E-state index in [-0.39, 0.29) is 33.3 Å². The maximum absolute atomic E-state index is 13.2. The summed E-state index contributed by atoms with van der Waals surface area (Å²) in [7, 11) is -2.24. The fourth-order valence-corrected chi connectivity index (χ4v) is 4.69. The third-order valence-corrected chi connectivity index (χ3v) is 7.14. The number of imidazole rings is 1. The van der Waals surface area contributed by atoms with Crippen molar-refractivity contribution in [1.29, 1.82) is 0 Å². The minimum Gasteiger partial charge on any atom is -0.357 e. The summed E-state index contributed by atoms with van der Waals surface area (Å²) < 4.78 is 68.4. The molecule has 4 aromatic heterocycles. The number of nitrogens with zero attached hydrogens (tertiary/aromatic N) is 7. The first-order valence-corrected chi connectivity index (χ1v) is 11.9. The van der Waals surface area contributed by atoms with Gasteiger partial charge >= 0.3 is 6.18 Å². The summed E-state index contributed by atoms with van der Waals surface area (Å²) in [6.07, 6.45) is -2.02. The Bertz CT molecular complexity index is 1450. The molecule has 0 N–H and O–H groups in total. The molecule has 0 aliphatic carbocycles. The molecule has 0 saturated heterocycles. The lowest BCUT2D eigenvalue weighted by Gasteiger charge is -2.21. The zero-order chi connectivity index (χ0) is 24.1. The number of hydrogen-bond donors (Lipinski definition) is 0. The second kappa shape index (κ2) is 7.97.